The molecule has 0 spiro atoms. The molecule has 2 atom stereocenters. The first-order valence-electron chi connectivity index (χ1n) is 7.64. The first kappa shape index (κ1) is 18.2. The molecule has 0 saturated heterocycles. The van der Waals surface area contributed by atoms with Crippen LogP contribution in [-0.2, 0) is 9.53 Å². The third-order valence-corrected chi connectivity index (χ3v) is 3.46. The minimum Gasteiger partial charge on any atom is -0.516 e. The maximum Gasteiger partial charge on any atom is 0.316 e. The van der Waals surface area contributed by atoms with Gasteiger partial charge in [-0.1, -0.05) is 44.2 Å². The van der Waals surface area contributed by atoms with Crippen molar-refractivity contribution in [2.24, 2.45) is 5.92 Å². The Balaban J connectivity index is 2.79. The van der Waals surface area contributed by atoms with Crippen LogP contribution in [0.1, 0.15) is 45.1 Å². The molecule has 122 valence electrons. The van der Waals surface area contributed by atoms with Crippen molar-refractivity contribution >= 4 is 5.97 Å². The van der Waals surface area contributed by atoms with E-state index in [4.69, 9.17) is 9.84 Å². The second kappa shape index (κ2) is 9.26. The van der Waals surface area contributed by atoms with Gasteiger partial charge in [-0.3, -0.25) is 4.79 Å². The number of hydrogen-bond donors (Lipinski definition) is 2. The molecule has 4 heteroatoms. The van der Waals surface area contributed by atoms with Crippen molar-refractivity contribution in [2.45, 2.75) is 45.6 Å². The summed E-state index contributed by atoms with van der Waals surface area (Å²) in [7, 11) is 0. The van der Waals surface area contributed by atoms with Crippen molar-refractivity contribution < 1.29 is 19.7 Å². The Kier molecular flexibility index (Phi) is 7.67. The van der Waals surface area contributed by atoms with E-state index >= 15 is 0 Å². The lowest BCUT2D eigenvalue weighted by molar-refractivity contribution is -0.152. The van der Waals surface area contributed by atoms with Crippen LogP contribution in [-0.4, -0.2) is 28.9 Å². The molecule has 4 nitrogen and oxygen atoms in total. The molecule has 0 amide bonds. The first-order chi connectivity index (χ1) is 10.5. The standard InChI is InChI=1S/C18H26O4/c1-13(2)9-16(10-14(3)11-19)22-18(21)17(12-20)15-7-5-4-6-8-15/h4-8,11,13,16-17,19-20H,9-10,12H2,1-3H3/b14-11+. The maximum absolute atomic E-state index is 12.4. The Labute approximate surface area is 132 Å². The zero-order chi connectivity index (χ0) is 16.5. The van der Waals surface area contributed by atoms with E-state index in [0.29, 0.717) is 18.8 Å². The first-order valence-corrected chi connectivity index (χ1v) is 7.64. The van der Waals surface area contributed by atoms with Crippen molar-refractivity contribution in [1.82, 2.24) is 0 Å². The van der Waals surface area contributed by atoms with E-state index in [2.05, 4.69) is 13.8 Å². The summed E-state index contributed by atoms with van der Waals surface area (Å²) in [6, 6.07) is 9.13. The van der Waals surface area contributed by atoms with Gasteiger partial charge < -0.3 is 14.9 Å². The SMILES string of the molecule is C/C(=C\O)CC(CC(C)C)OC(=O)C(CO)c1ccccc1. The Morgan fingerprint density at radius 1 is 1.27 bits per heavy atom. The third kappa shape index (κ3) is 5.90. The van der Waals surface area contributed by atoms with Gasteiger partial charge >= 0.3 is 5.97 Å². The highest BCUT2D eigenvalue weighted by atomic mass is 16.5. The lowest BCUT2D eigenvalue weighted by Gasteiger charge is -2.23. The lowest BCUT2D eigenvalue weighted by Crippen LogP contribution is -2.26. The Morgan fingerprint density at radius 3 is 2.41 bits per heavy atom. The van der Waals surface area contributed by atoms with Crippen LogP contribution in [0.3, 0.4) is 0 Å². The molecular weight excluding hydrogens is 280 g/mol. The molecule has 1 aromatic rings. The maximum atomic E-state index is 12.4. The predicted octanol–water partition coefficient (Wildman–Crippen LogP) is 3.57. The molecule has 1 rings (SSSR count). The molecule has 22 heavy (non-hydrogen) atoms. The van der Waals surface area contributed by atoms with Crippen molar-refractivity contribution in [3.8, 4) is 0 Å². The van der Waals surface area contributed by atoms with Gasteiger partial charge in [0, 0.05) is 6.42 Å². The van der Waals surface area contributed by atoms with Gasteiger partial charge in [0.2, 0.25) is 0 Å². The fourth-order valence-electron chi connectivity index (χ4n) is 2.36. The van der Waals surface area contributed by atoms with E-state index < -0.39 is 11.9 Å². The monoisotopic (exact) mass is 306 g/mol. The summed E-state index contributed by atoms with van der Waals surface area (Å²) in [6.07, 6.45) is 1.95. The van der Waals surface area contributed by atoms with Gasteiger partial charge in [0.25, 0.3) is 0 Å². The molecule has 0 bridgehead atoms. The smallest absolute Gasteiger partial charge is 0.316 e. The number of ether oxygens (including phenoxy) is 1. The van der Waals surface area contributed by atoms with Gasteiger partial charge in [-0.2, -0.15) is 0 Å². The van der Waals surface area contributed by atoms with Gasteiger partial charge in [0.05, 0.1) is 12.9 Å². The number of hydrogen-bond acceptors (Lipinski definition) is 4. The molecule has 0 heterocycles. The van der Waals surface area contributed by atoms with E-state index in [1.165, 1.54) is 0 Å². The number of aliphatic hydroxyl groups is 2. The van der Waals surface area contributed by atoms with Crippen molar-refractivity contribution in [3.63, 3.8) is 0 Å². The van der Waals surface area contributed by atoms with E-state index in [9.17, 15) is 9.90 Å². The summed E-state index contributed by atoms with van der Waals surface area (Å²) in [5.41, 5.74) is 1.51. The number of benzene rings is 1. The van der Waals surface area contributed by atoms with E-state index in [1.54, 1.807) is 19.1 Å². The molecular formula is C18H26O4. The topological polar surface area (TPSA) is 66.8 Å². The molecule has 2 unspecified atom stereocenters. The third-order valence-electron chi connectivity index (χ3n) is 3.46. The van der Waals surface area contributed by atoms with E-state index in [1.807, 2.05) is 18.2 Å². The second-order valence-corrected chi connectivity index (χ2v) is 6.01. The van der Waals surface area contributed by atoms with Crippen LogP contribution in [0.2, 0.25) is 0 Å². The van der Waals surface area contributed by atoms with Crippen molar-refractivity contribution in [2.75, 3.05) is 6.61 Å². The highest BCUT2D eigenvalue weighted by Gasteiger charge is 2.25. The summed E-state index contributed by atoms with van der Waals surface area (Å²) in [5, 5.41) is 18.6. The Hall–Kier alpha value is -1.81. The average Bonchev–Trinajstić information content (AvgIpc) is 2.48. The number of carbonyl (C=O) groups is 1. The summed E-state index contributed by atoms with van der Waals surface area (Å²) in [5.74, 6) is -0.729. The molecule has 2 N–H and O–H groups in total. The van der Waals surface area contributed by atoms with Crippen LogP contribution in [0.4, 0.5) is 0 Å². The summed E-state index contributed by atoms with van der Waals surface area (Å²) < 4.78 is 5.59. The minimum absolute atomic E-state index is 0.286. The molecule has 0 fully saturated rings. The van der Waals surface area contributed by atoms with Gasteiger partial charge in [-0.15, -0.1) is 0 Å². The fraction of sp³-hybridized carbons (Fsp3) is 0.500. The number of aliphatic hydroxyl groups excluding tert-OH is 2. The van der Waals surface area contributed by atoms with Crippen LogP contribution in [0.15, 0.2) is 42.2 Å². The highest BCUT2D eigenvalue weighted by molar-refractivity contribution is 5.78. The quantitative estimate of drug-likeness (QED) is 0.569. The largest absolute Gasteiger partial charge is 0.516 e. The number of esters is 1. The number of rotatable bonds is 8. The minimum atomic E-state index is -0.672. The summed E-state index contributed by atoms with van der Waals surface area (Å²) in [4.78, 5) is 12.4. The molecule has 0 aromatic heterocycles. The normalized spacial score (nSPS) is 14.7. The van der Waals surface area contributed by atoms with E-state index in [-0.39, 0.29) is 12.7 Å². The summed E-state index contributed by atoms with van der Waals surface area (Å²) >= 11 is 0. The van der Waals surface area contributed by atoms with Gasteiger partial charge in [-0.05, 0) is 30.4 Å². The van der Waals surface area contributed by atoms with Crippen LogP contribution in [0.25, 0.3) is 0 Å². The fourth-order valence-corrected chi connectivity index (χ4v) is 2.36. The lowest BCUT2D eigenvalue weighted by atomic mass is 9.98. The van der Waals surface area contributed by atoms with Crippen molar-refractivity contribution in [3.05, 3.63) is 47.7 Å². The Morgan fingerprint density at radius 2 is 1.91 bits per heavy atom. The molecule has 0 radical (unpaired) electrons. The van der Waals surface area contributed by atoms with Crippen LogP contribution in [0, 0.1) is 5.92 Å². The van der Waals surface area contributed by atoms with Gasteiger partial charge in [-0.25, -0.2) is 0 Å². The van der Waals surface area contributed by atoms with Crippen molar-refractivity contribution in [1.29, 1.82) is 0 Å². The number of carbonyl (C=O) groups excluding carboxylic acids is 1. The van der Waals surface area contributed by atoms with Crippen LogP contribution >= 0.6 is 0 Å². The molecule has 0 saturated carbocycles. The zero-order valence-electron chi connectivity index (χ0n) is 13.5. The second-order valence-electron chi connectivity index (χ2n) is 6.01. The molecule has 0 aliphatic carbocycles. The molecule has 0 aliphatic rings. The zero-order valence-corrected chi connectivity index (χ0v) is 13.5. The average molecular weight is 306 g/mol. The van der Waals surface area contributed by atoms with Crippen LogP contribution in [0.5, 0.6) is 0 Å². The Bertz CT molecular complexity index is 479. The predicted molar refractivity (Wildman–Crippen MR) is 86.6 cm³/mol. The van der Waals surface area contributed by atoms with Gasteiger partial charge in [0.15, 0.2) is 0 Å². The summed E-state index contributed by atoms with van der Waals surface area (Å²) in [6.45, 7) is 5.62. The molecule has 0 aliphatic heterocycles. The van der Waals surface area contributed by atoms with Crippen LogP contribution < -0.4 is 0 Å². The highest BCUT2D eigenvalue weighted by Crippen LogP contribution is 2.22. The van der Waals surface area contributed by atoms with E-state index in [0.717, 1.165) is 17.4 Å². The molecule has 1 aromatic carbocycles. The van der Waals surface area contributed by atoms with Gasteiger partial charge in [0.1, 0.15) is 12.0 Å².